The van der Waals surface area contributed by atoms with Gasteiger partial charge >= 0.3 is 5.97 Å². The van der Waals surface area contributed by atoms with Crippen molar-refractivity contribution in [1.29, 1.82) is 0 Å². The highest BCUT2D eigenvalue weighted by molar-refractivity contribution is 7.99. The van der Waals surface area contributed by atoms with Crippen LogP contribution in [0.3, 0.4) is 0 Å². The van der Waals surface area contributed by atoms with Crippen molar-refractivity contribution in [3.8, 4) is 0 Å². The summed E-state index contributed by atoms with van der Waals surface area (Å²) in [5.41, 5.74) is 0.394. The Labute approximate surface area is 129 Å². The Morgan fingerprint density at radius 1 is 1.05 bits per heavy atom. The molecular formula is C15H11F2NO3S. The number of hydrogen-bond donors (Lipinski definition) is 2. The molecule has 7 heteroatoms. The van der Waals surface area contributed by atoms with Crippen LogP contribution >= 0.6 is 11.8 Å². The van der Waals surface area contributed by atoms with E-state index in [0.717, 1.165) is 0 Å². The number of anilines is 1. The number of carboxylic acid groups (broad SMARTS) is 1. The van der Waals surface area contributed by atoms with Crippen LogP contribution in [0.2, 0.25) is 0 Å². The number of carbonyl (C=O) groups excluding carboxylic acids is 1. The standard InChI is InChI=1S/C15H11F2NO3S/c16-15(17)22-10-7-5-9(6-8-10)13(19)18-12-4-2-1-3-11(12)14(20)21/h1-8,15H,(H,18,19)(H,20,21). The van der Waals surface area contributed by atoms with E-state index in [9.17, 15) is 18.4 Å². The van der Waals surface area contributed by atoms with Crippen LogP contribution in [-0.4, -0.2) is 22.7 Å². The molecule has 0 aliphatic rings. The lowest BCUT2D eigenvalue weighted by atomic mass is 10.1. The van der Waals surface area contributed by atoms with Crippen LogP contribution in [0.15, 0.2) is 53.4 Å². The number of amides is 1. The third-order valence-corrected chi connectivity index (χ3v) is 3.47. The van der Waals surface area contributed by atoms with Gasteiger partial charge in [0.2, 0.25) is 0 Å². The Bertz CT molecular complexity index is 689. The molecule has 2 aromatic rings. The Kier molecular flexibility index (Phi) is 5.11. The maximum atomic E-state index is 12.2. The molecule has 0 aliphatic heterocycles. The number of benzene rings is 2. The van der Waals surface area contributed by atoms with Crippen LogP contribution in [0.5, 0.6) is 0 Å². The van der Waals surface area contributed by atoms with Crippen molar-refractivity contribution in [3.05, 3.63) is 59.7 Å². The van der Waals surface area contributed by atoms with Crippen LogP contribution in [0.4, 0.5) is 14.5 Å². The Hall–Kier alpha value is -2.41. The average molecular weight is 323 g/mol. The number of alkyl halides is 2. The normalized spacial score (nSPS) is 10.5. The number of aromatic carboxylic acids is 1. The Morgan fingerprint density at radius 3 is 2.27 bits per heavy atom. The number of hydrogen-bond acceptors (Lipinski definition) is 3. The fourth-order valence-electron chi connectivity index (χ4n) is 1.76. The molecule has 0 radical (unpaired) electrons. The number of para-hydroxylation sites is 1. The summed E-state index contributed by atoms with van der Waals surface area (Å²) in [4.78, 5) is 23.5. The van der Waals surface area contributed by atoms with Crippen LogP contribution < -0.4 is 5.32 Å². The van der Waals surface area contributed by atoms with E-state index in [1.165, 1.54) is 36.4 Å². The summed E-state index contributed by atoms with van der Waals surface area (Å²) < 4.78 is 24.4. The monoisotopic (exact) mass is 323 g/mol. The SMILES string of the molecule is O=C(Nc1ccccc1C(=O)O)c1ccc(SC(F)F)cc1. The second kappa shape index (κ2) is 7.04. The molecule has 0 bridgehead atoms. The number of thioether (sulfide) groups is 1. The molecule has 4 nitrogen and oxygen atoms in total. The third-order valence-electron chi connectivity index (χ3n) is 2.75. The van der Waals surface area contributed by atoms with E-state index < -0.39 is 17.6 Å². The Balaban J connectivity index is 2.14. The first kappa shape index (κ1) is 16.0. The lowest BCUT2D eigenvalue weighted by Crippen LogP contribution is -2.14. The van der Waals surface area contributed by atoms with E-state index in [4.69, 9.17) is 5.11 Å². The minimum atomic E-state index is -2.53. The summed E-state index contributed by atoms with van der Waals surface area (Å²) in [6.07, 6.45) is 0. The first-order chi connectivity index (χ1) is 10.5. The summed E-state index contributed by atoms with van der Waals surface area (Å²) in [6.45, 7) is 0. The topological polar surface area (TPSA) is 66.4 Å². The van der Waals surface area contributed by atoms with Gasteiger partial charge < -0.3 is 10.4 Å². The van der Waals surface area contributed by atoms with Crippen molar-refractivity contribution in [2.45, 2.75) is 10.7 Å². The summed E-state index contributed by atoms with van der Waals surface area (Å²) in [5, 5.41) is 11.5. The van der Waals surface area contributed by atoms with Crippen molar-refractivity contribution in [2.24, 2.45) is 0 Å². The minimum absolute atomic E-state index is 0.0271. The maximum absolute atomic E-state index is 12.2. The lowest BCUT2D eigenvalue weighted by Gasteiger charge is -2.08. The predicted octanol–water partition coefficient (Wildman–Crippen LogP) is 3.95. The second-order valence-electron chi connectivity index (χ2n) is 4.21. The molecule has 0 heterocycles. The largest absolute Gasteiger partial charge is 0.478 e. The van der Waals surface area contributed by atoms with Crippen molar-refractivity contribution in [2.75, 3.05) is 5.32 Å². The zero-order valence-electron chi connectivity index (χ0n) is 11.1. The molecule has 22 heavy (non-hydrogen) atoms. The minimum Gasteiger partial charge on any atom is -0.478 e. The summed E-state index contributed by atoms with van der Waals surface area (Å²) in [5.74, 6) is -4.19. The van der Waals surface area contributed by atoms with E-state index in [-0.39, 0.29) is 16.8 Å². The van der Waals surface area contributed by atoms with Crippen molar-refractivity contribution >= 4 is 29.3 Å². The fourth-order valence-corrected chi connectivity index (χ4v) is 2.26. The molecule has 2 rings (SSSR count). The van der Waals surface area contributed by atoms with Gasteiger partial charge in [0.15, 0.2) is 0 Å². The Morgan fingerprint density at radius 2 is 1.68 bits per heavy atom. The zero-order chi connectivity index (χ0) is 16.1. The highest BCUT2D eigenvalue weighted by Crippen LogP contribution is 2.25. The number of carbonyl (C=O) groups is 2. The third kappa shape index (κ3) is 4.05. The van der Waals surface area contributed by atoms with E-state index in [2.05, 4.69) is 5.32 Å². The van der Waals surface area contributed by atoms with Gasteiger partial charge in [0.1, 0.15) is 0 Å². The van der Waals surface area contributed by atoms with Crippen LogP contribution in [0.1, 0.15) is 20.7 Å². The first-order valence-electron chi connectivity index (χ1n) is 6.16. The smallest absolute Gasteiger partial charge is 0.337 e. The summed E-state index contributed by atoms with van der Waals surface area (Å²) in [6, 6.07) is 11.6. The molecule has 0 saturated heterocycles. The molecule has 0 unspecified atom stereocenters. The van der Waals surface area contributed by atoms with Gasteiger partial charge in [-0.2, -0.15) is 8.78 Å². The molecule has 0 atom stereocenters. The molecule has 2 aromatic carbocycles. The van der Waals surface area contributed by atoms with Crippen LogP contribution in [0.25, 0.3) is 0 Å². The molecular weight excluding hydrogens is 312 g/mol. The van der Waals surface area contributed by atoms with Gasteiger partial charge in [-0.3, -0.25) is 4.79 Å². The number of carboxylic acids is 1. The second-order valence-corrected chi connectivity index (χ2v) is 5.27. The van der Waals surface area contributed by atoms with Gasteiger partial charge in [0.05, 0.1) is 11.3 Å². The van der Waals surface area contributed by atoms with Crippen LogP contribution in [0, 0.1) is 0 Å². The van der Waals surface area contributed by atoms with Gasteiger partial charge in [-0.25, -0.2) is 4.79 Å². The van der Waals surface area contributed by atoms with E-state index in [1.807, 2.05) is 0 Å². The van der Waals surface area contributed by atoms with Gasteiger partial charge in [-0.05, 0) is 36.4 Å². The quantitative estimate of drug-likeness (QED) is 0.818. The molecule has 1 amide bonds. The van der Waals surface area contributed by atoms with Crippen molar-refractivity contribution < 1.29 is 23.5 Å². The van der Waals surface area contributed by atoms with E-state index in [1.54, 1.807) is 12.1 Å². The van der Waals surface area contributed by atoms with Gasteiger partial charge in [-0.15, -0.1) is 0 Å². The first-order valence-corrected chi connectivity index (χ1v) is 7.04. The summed E-state index contributed by atoms with van der Waals surface area (Å²) >= 11 is 0.386. The number of rotatable bonds is 5. The van der Waals surface area contributed by atoms with Gasteiger partial charge in [0.25, 0.3) is 11.7 Å². The zero-order valence-corrected chi connectivity index (χ0v) is 11.9. The van der Waals surface area contributed by atoms with Gasteiger partial charge in [0, 0.05) is 10.5 Å². The molecule has 0 fully saturated rings. The highest BCUT2D eigenvalue weighted by atomic mass is 32.2. The van der Waals surface area contributed by atoms with E-state index >= 15 is 0 Å². The number of nitrogens with one attached hydrogen (secondary N) is 1. The van der Waals surface area contributed by atoms with Crippen molar-refractivity contribution in [3.63, 3.8) is 0 Å². The van der Waals surface area contributed by atoms with E-state index in [0.29, 0.717) is 16.7 Å². The average Bonchev–Trinajstić information content (AvgIpc) is 2.47. The molecule has 114 valence electrons. The number of halogens is 2. The molecule has 2 N–H and O–H groups in total. The predicted molar refractivity (Wildman–Crippen MR) is 79.7 cm³/mol. The summed E-state index contributed by atoms with van der Waals surface area (Å²) in [7, 11) is 0. The molecule has 0 aliphatic carbocycles. The van der Waals surface area contributed by atoms with Gasteiger partial charge in [-0.1, -0.05) is 23.9 Å². The molecule has 0 saturated carbocycles. The molecule has 0 aromatic heterocycles. The maximum Gasteiger partial charge on any atom is 0.337 e. The lowest BCUT2D eigenvalue weighted by molar-refractivity contribution is 0.0698. The fraction of sp³-hybridized carbons (Fsp3) is 0.0667. The molecule has 0 spiro atoms. The van der Waals surface area contributed by atoms with Crippen molar-refractivity contribution in [1.82, 2.24) is 0 Å². The highest BCUT2D eigenvalue weighted by Gasteiger charge is 2.13. The van der Waals surface area contributed by atoms with Crippen LogP contribution in [-0.2, 0) is 0 Å².